The summed E-state index contributed by atoms with van der Waals surface area (Å²) < 4.78 is 0. The van der Waals surface area contributed by atoms with Crippen LogP contribution in [-0.2, 0) is 0 Å². The number of fused-ring (bicyclic) bond motifs is 5. The van der Waals surface area contributed by atoms with Gasteiger partial charge in [-0.15, -0.1) is 0 Å². The van der Waals surface area contributed by atoms with Crippen molar-refractivity contribution in [2.45, 2.75) is 131 Å². The molecule has 0 aliphatic heterocycles. The van der Waals surface area contributed by atoms with Crippen molar-refractivity contribution in [1.82, 2.24) is 0 Å². The van der Waals surface area contributed by atoms with Gasteiger partial charge in [0, 0.05) is 0 Å². The van der Waals surface area contributed by atoms with Crippen molar-refractivity contribution >= 4 is 0 Å². The molecule has 1 heteroatoms. The van der Waals surface area contributed by atoms with E-state index in [1.165, 1.54) is 70.6 Å². The maximum Gasteiger partial charge on any atom is 0.0563 e. The highest BCUT2D eigenvalue weighted by atomic mass is 16.3. The van der Waals surface area contributed by atoms with E-state index in [9.17, 15) is 5.11 Å². The first kappa shape index (κ1) is 23.1. The third-order valence-electron chi connectivity index (χ3n) is 11.7. The van der Waals surface area contributed by atoms with E-state index in [4.69, 9.17) is 0 Å². The molecular formula is C29H52O. The SMILES string of the molecule is CCC(O)C(C)CCC[C@@H](C)[C@H]1CC[C@H]2[C@@H]3CCC4CCCC[C@]4(C)[C@H]3CC[C@]12C. The molecule has 0 spiro atoms. The van der Waals surface area contributed by atoms with Crippen LogP contribution in [0.2, 0.25) is 0 Å². The van der Waals surface area contributed by atoms with Crippen LogP contribution < -0.4 is 0 Å². The van der Waals surface area contributed by atoms with Crippen LogP contribution in [0.3, 0.4) is 0 Å². The summed E-state index contributed by atoms with van der Waals surface area (Å²) in [6.07, 6.45) is 19.9. The zero-order chi connectivity index (χ0) is 21.5. The molecule has 4 aliphatic rings. The minimum atomic E-state index is -0.0970. The Morgan fingerprint density at radius 2 is 1.60 bits per heavy atom. The van der Waals surface area contributed by atoms with Gasteiger partial charge in [0.15, 0.2) is 0 Å². The van der Waals surface area contributed by atoms with Crippen LogP contribution in [-0.4, -0.2) is 11.2 Å². The summed E-state index contributed by atoms with van der Waals surface area (Å²) in [5.41, 5.74) is 1.30. The Morgan fingerprint density at radius 3 is 2.37 bits per heavy atom. The third-order valence-corrected chi connectivity index (χ3v) is 11.7. The van der Waals surface area contributed by atoms with Gasteiger partial charge in [-0.1, -0.05) is 60.3 Å². The highest BCUT2D eigenvalue weighted by Crippen LogP contribution is 2.68. The molecule has 0 saturated heterocycles. The van der Waals surface area contributed by atoms with E-state index in [0.29, 0.717) is 16.7 Å². The van der Waals surface area contributed by atoms with Gasteiger partial charge in [-0.05, 0) is 116 Å². The molecule has 0 radical (unpaired) electrons. The molecule has 0 amide bonds. The number of hydrogen-bond donors (Lipinski definition) is 1. The van der Waals surface area contributed by atoms with Crippen LogP contribution in [0.15, 0.2) is 0 Å². The quantitative estimate of drug-likeness (QED) is 0.443. The smallest absolute Gasteiger partial charge is 0.0563 e. The lowest BCUT2D eigenvalue weighted by Crippen LogP contribution is -2.53. The number of aliphatic hydroxyl groups excluding tert-OH is 1. The summed E-state index contributed by atoms with van der Waals surface area (Å²) in [4.78, 5) is 0. The molecule has 0 heterocycles. The Kier molecular flexibility index (Phi) is 6.99. The first-order valence-corrected chi connectivity index (χ1v) is 14.0. The summed E-state index contributed by atoms with van der Waals surface area (Å²) >= 11 is 0. The van der Waals surface area contributed by atoms with E-state index in [2.05, 4.69) is 34.6 Å². The molecule has 30 heavy (non-hydrogen) atoms. The Bertz CT molecular complexity index is 571. The van der Waals surface area contributed by atoms with Crippen molar-refractivity contribution in [3.05, 3.63) is 0 Å². The van der Waals surface area contributed by atoms with Crippen LogP contribution in [0.4, 0.5) is 0 Å². The second kappa shape index (κ2) is 9.07. The largest absolute Gasteiger partial charge is 0.393 e. The van der Waals surface area contributed by atoms with E-state index in [0.717, 1.165) is 41.9 Å². The van der Waals surface area contributed by atoms with Crippen molar-refractivity contribution in [3.8, 4) is 0 Å². The average molecular weight is 417 g/mol. The molecule has 4 aliphatic carbocycles. The molecule has 4 saturated carbocycles. The van der Waals surface area contributed by atoms with E-state index in [1.54, 1.807) is 12.8 Å². The highest BCUT2D eigenvalue weighted by Gasteiger charge is 2.60. The molecule has 1 nitrogen and oxygen atoms in total. The van der Waals surface area contributed by atoms with Gasteiger partial charge in [-0.2, -0.15) is 0 Å². The van der Waals surface area contributed by atoms with Gasteiger partial charge in [0.2, 0.25) is 0 Å². The molecule has 4 rings (SSSR count). The van der Waals surface area contributed by atoms with Crippen molar-refractivity contribution in [1.29, 1.82) is 0 Å². The molecule has 0 aromatic rings. The first-order valence-electron chi connectivity index (χ1n) is 14.0. The van der Waals surface area contributed by atoms with Gasteiger partial charge < -0.3 is 5.11 Å². The average Bonchev–Trinajstić information content (AvgIpc) is 3.09. The molecule has 0 bridgehead atoms. The second-order valence-electron chi connectivity index (χ2n) is 13.0. The lowest BCUT2D eigenvalue weighted by molar-refractivity contribution is -0.114. The van der Waals surface area contributed by atoms with E-state index < -0.39 is 0 Å². The second-order valence-corrected chi connectivity index (χ2v) is 13.0. The standard InChI is InChI=1S/C29H52O/c1-6-27(30)21(3)11-9-10-20(2)24-15-16-25-23-14-13-22-12-7-8-18-28(22,4)26(23)17-19-29(24,25)5/h20-27,30H,6-19H2,1-5H3/t20-,21?,22?,23+,24-,25+,26+,27?,28+,29-/m1/s1. The Morgan fingerprint density at radius 1 is 0.833 bits per heavy atom. The molecule has 0 aromatic carbocycles. The van der Waals surface area contributed by atoms with Gasteiger partial charge in [0.25, 0.3) is 0 Å². The lowest BCUT2D eigenvalue weighted by Gasteiger charge is -2.61. The third kappa shape index (κ3) is 3.92. The zero-order valence-electron chi connectivity index (χ0n) is 21.0. The molecule has 3 unspecified atom stereocenters. The maximum absolute atomic E-state index is 10.1. The molecule has 4 fully saturated rings. The van der Waals surface area contributed by atoms with Crippen LogP contribution in [0.1, 0.15) is 125 Å². The normalized spacial score (nSPS) is 46.4. The fourth-order valence-corrected chi connectivity index (χ4v) is 9.83. The number of aliphatic hydroxyl groups is 1. The minimum Gasteiger partial charge on any atom is -0.393 e. The first-order chi connectivity index (χ1) is 14.3. The predicted molar refractivity (Wildman–Crippen MR) is 128 cm³/mol. The summed E-state index contributed by atoms with van der Waals surface area (Å²) in [6.45, 7) is 12.4. The summed E-state index contributed by atoms with van der Waals surface area (Å²) in [7, 11) is 0. The van der Waals surface area contributed by atoms with E-state index in [1.807, 2.05) is 0 Å². The van der Waals surface area contributed by atoms with E-state index >= 15 is 0 Å². The Hall–Kier alpha value is -0.0400. The van der Waals surface area contributed by atoms with Crippen LogP contribution >= 0.6 is 0 Å². The fraction of sp³-hybridized carbons (Fsp3) is 1.00. The van der Waals surface area contributed by atoms with Crippen LogP contribution in [0.25, 0.3) is 0 Å². The molecule has 1 N–H and O–H groups in total. The van der Waals surface area contributed by atoms with Gasteiger partial charge in [-0.3, -0.25) is 0 Å². The monoisotopic (exact) mass is 416 g/mol. The fourth-order valence-electron chi connectivity index (χ4n) is 9.83. The van der Waals surface area contributed by atoms with Gasteiger partial charge in [-0.25, -0.2) is 0 Å². The predicted octanol–water partition coefficient (Wildman–Crippen LogP) is 8.25. The van der Waals surface area contributed by atoms with Crippen molar-refractivity contribution in [2.75, 3.05) is 0 Å². The maximum atomic E-state index is 10.1. The molecule has 174 valence electrons. The Labute approximate surface area is 188 Å². The van der Waals surface area contributed by atoms with Gasteiger partial charge >= 0.3 is 0 Å². The molecular weight excluding hydrogens is 364 g/mol. The minimum absolute atomic E-state index is 0.0970. The van der Waals surface area contributed by atoms with Gasteiger partial charge in [0.1, 0.15) is 0 Å². The van der Waals surface area contributed by atoms with E-state index in [-0.39, 0.29) is 6.10 Å². The zero-order valence-corrected chi connectivity index (χ0v) is 21.0. The van der Waals surface area contributed by atoms with Crippen LogP contribution in [0, 0.1) is 52.3 Å². The lowest BCUT2D eigenvalue weighted by atomic mass is 9.44. The molecule has 10 atom stereocenters. The summed E-state index contributed by atoms with van der Waals surface area (Å²) in [5.74, 6) is 6.43. The van der Waals surface area contributed by atoms with Gasteiger partial charge in [0.05, 0.1) is 6.10 Å². The summed E-state index contributed by atoms with van der Waals surface area (Å²) in [5, 5.41) is 10.1. The van der Waals surface area contributed by atoms with Crippen LogP contribution in [0.5, 0.6) is 0 Å². The molecule has 0 aromatic heterocycles. The summed E-state index contributed by atoms with van der Waals surface area (Å²) in [6, 6.07) is 0. The van der Waals surface area contributed by atoms with Crippen molar-refractivity contribution in [2.24, 2.45) is 52.3 Å². The van der Waals surface area contributed by atoms with Crippen molar-refractivity contribution < 1.29 is 5.11 Å². The number of rotatable bonds is 7. The highest BCUT2D eigenvalue weighted by molar-refractivity contribution is 5.09. The number of hydrogen-bond acceptors (Lipinski definition) is 1. The topological polar surface area (TPSA) is 20.2 Å². The van der Waals surface area contributed by atoms with Crippen molar-refractivity contribution in [3.63, 3.8) is 0 Å². The Balaban J connectivity index is 1.39.